The number of benzene rings is 2. The first-order valence-electron chi connectivity index (χ1n) is 8.94. The van der Waals surface area contributed by atoms with Gasteiger partial charge in [-0.1, -0.05) is 12.1 Å². The van der Waals surface area contributed by atoms with Crippen molar-refractivity contribution in [3.8, 4) is 0 Å². The number of anilines is 1. The first-order chi connectivity index (χ1) is 13.2. The number of ether oxygens (including phenoxy) is 1. The minimum atomic E-state index is -0.535. The SMILES string of the molecule is Cc1nc2ccc(NC(=O)c3ccc(CNC(=O)OC(C)(C)C)cc3)cc2s1. The average Bonchev–Trinajstić information content (AvgIpc) is 2.98. The summed E-state index contributed by atoms with van der Waals surface area (Å²) >= 11 is 1.60. The number of carbonyl (C=O) groups is 2. The maximum absolute atomic E-state index is 12.5. The highest BCUT2D eigenvalue weighted by Crippen LogP contribution is 2.25. The van der Waals surface area contributed by atoms with Gasteiger partial charge in [-0.2, -0.15) is 0 Å². The van der Waals surface area contributed by atoms with Gasteiger partial charge in [-0.3, -0.25) is 4.79 Å². The third-order valence-electron chi connectivity index (χ3n) is 3.81. The Morgan fingerprint density at radius 1 is 1.11 bits per heavy atom. The van der Waals surface area contributed by atoms with Crippen molar-refractivity contribution in [1.82, 2.24) is 10.3 Å². The van der Waals surface area contributed by atoms with Gasteiger partial charge >= 0.3 is 6.09 Å². The summed E-state index contributed by atoms with van der Waals surface area (Å²) in [4.78, 5) is 28.6. The van der Waals surface area contributed by atoms with Gasteiger partial charge in [0, 0.05) is 17.8 Å². The Morgan fingerprint density at radius 2 is 1.82 bits per heavy atom. The topological polar surface area (TPSA) is 80.3 Å². The van der Waals surface area contributed by atoms with E-state index in [2.05, 4.69) is 15.6 Å². The van der Waals surface area contributed by atoms with Gasteiger partial charge in [0.1, 0.15) is 5.60 Å². The van der Waals surface area contributed by atoms with Crippen LogP contribution in [0.1, 0.15) is 41.7 Å². The molecule has 146 valence electrons. The van der Waals surface area contributed by atoms with Gasteiger partial charge in [-0.25, -0.2) is 9.78 Å². The zero-order valence-corrected chi connectivity index (χ0v) is 17.1. The van der Waals surface area contributed by atoms with Crippen LogP contribution in [0.25, 0.3) is 10.2 Å². The molecule has 7 heteroatoms. The lowest BCUT2D eigenvalue weighted by Gasteiger charge is -2.19. The van der Waals surface area contributed by atoms with Crippen LogP contribution in [0.4, 0.5) is 10.5 Å². The number of aromatic nitrogens is 1. The van der Waals surface area contributed by atoms with E-state index in [0.717, 1.165) is 26.5 Å². The van der Waals surface area contributed by atoms with Crippen molar-refractivity contribution in [2.24, 2.45) is 0 Å². The lowest BCUT2D eigenvalue weighted by Crippen LogP contribution is -2.32. The van der Waals surface area contributed by atoms with Crippen LogP contribution in [-0.2, 0) is 11.3 Å². The van der Waals surface area contributed by atoms with Crippen LogP contribution in [0.15, 0.2) is 42.5 Å². The Kier molecular flexibility index (Phi) is 5.65. The van der Waals surface area contributed by atoms with E-state index in [4.69, 9.17) is 4.74 Å². The van der Waals surface area contributed by atoms with Crippen molar-refractivity contribution in [2.45, 2.75) is 39.8 Å². The fraction of sp³-hybridized carbons (Fsp3) is 0.286. The molecule has 0 aliphatic rings. The first kappa shape index (κ1) is 19.8. The molecular formula is C21H23N3O3S. The highest BCUT2D eigenvalue weighted by molar-refractivity contribution is 7.18. The van der Waals surface area contributed by atoms with Gasteiger partial charge in [0.15, 0.2) is 0 Å². The second-order valence-corrected chi connectivity index (χ2v) is 8.66. The Labute approximate surface area is 167 Å². The zero-order chi connectivity index (χ0) is 20.3. The summed E-state index contributed by atoms with van der Waals surface area (Å²) in [6, 6.07) is 12.8. The lowest BCUT2D eigenvalue weighted by atomic mass is 10.1. The summed E-state index contributed by atoms with van der Waals surface area (Å²) in [5.74, 6) is -0.188. The minimum Gasteiger partial charge on any atom is -0.444 e. The normalized spacial score (nSPS) is 11.3. The molecule has 3 aromatic rings. The second kappa shape index (κ2) is 7.98. The molecule has 1 aromatic heterocycles. The Bertz CT molecular complexity index is 1000. The van der Waals surface area contributed by atoms with E-state index < -0.39 is 11.7 Å². The van der Waals surface area contributed by atoms with E-state index in [9.17, 15) is 9.59 Å². The average molecular weight is 398 g/mol. The van der Waals surface area contributed by atoms with Crippen molar-refractivity contribution in [1.29, 1.82) is 0 Å². The van der Waals surface area contributed by atoms with Gasteiger partial charge in [-0.15, -0.1) is 11.3 Å². The number of fused-ring (bicyclic) bond motifs is 1. The molecule has 0 spiro atoms. The van der Waals surface area contributed by atoms with Gasteiger partial charge in [0.05, 0.1) is 15.2 Å². The van der Waals surface area contributed by atoms with Gasteiger partial charge < -0.3 is 15.4 Å². The number of hydrogen-bond donors (Lipinski definition) is 2. The van der Waals surface area contributed by atoms with E-state index in [1.807, 2.05) is 58.0 Å². The molecule has 0 saturated heterocycles. The molecule has 28 heavy (non-hydrogen) atoms. The summed E-state index contributed by atoms with van der Waals surface area (Å²) in [6.07, 6.45) is -0.469. The van der Waals surface area contributed by atoms with E-state index in [1.165, 1.54) is 0 Å². The minimum absolute atomic E-state index is 0.188. The van der Waals surface area contributed by atoms with Crippen LogP contribution >= 0.6 is 11.3 Å². The van der Waals surface area contributed by atoms with Crippen molar-refractivity contribution in [3.05, 3.63) is 58.6 Å². The van der Waals surface area contributed by atoms with E-state index in [-0.39, 0.29) is 5.91 Å². The smallest absolute Gasteiger partial charge is 0.407 e. The number of aryl methyl sites for hydroxylation is 1. The first-order valence-corrected chi connectivity index (χ1v) is 9.75. The fourth-order valence-electron chi connectivity index (χ4n) is 2.58. The predicted molar refractivity (Wildman–Crippen MR) is 112 cm³/mol. The van der Waals surface area contributed by atoms with Crippen molar-refractivity contribution in [2.75, 3.05) is 5.32 Å². The standard InChI is InChI=1S/C21H23N3O3S/c1-13-23-17-10-9-16(11-18(17)28-13)24-19(25)15-7-5-14(6-8-15)12-22-20(26)27-21(2,3)4/h5-11H,12H2,1-4H3,(H,22,26)(H,24,25). The maximum Gasteiger partial charge on any atom is 0.407 e. The van der Waals surface area contributed by atoms with Crippen LogP contribution in [0.5, 0.6) is 0 Å². The Hall–Kier alpha value is -2.93. The summed E-state index contributed by atoms with van der Waals surface area (Å²) in [6.45, 7) is 7.73. The highest BCUT2D eigenvalue weighted by Gasteiger charge is 2.15. The molecule has 0 atom stereocenters. The molecule has 2 N–H and O–H groups in total. The van der Waals surface area contributed by atoms with Crippen molar-refractivity contribution >= 4 is 39.2 Å². The Balaban J connectivity index is 1.59. The highest BCUT2D eigenvalue weighted by atomic mass is 32.1. The zero-order valence-electron chi connectivity index (χ0n) is 16.3. The van der Waals surface area contributed by atoms with Crippen molar-refractivity contribution in [3.63, 3.8) is 0 Å². The van der Waals surface area contributed by atoms with E-state index in [0.29, 0.717) is 12.1 Å². The second-order valence-electron chi connectivity index (χ2n) is 7.42. The molecule has 0 bridgehead atoms. The fourth-order valence-corrected chi connectivity index (χ4v) is 3.45. The largest absolute Gasteiger partial charge is 0.444 e. The van der Waals surface area contributed by atoms with Crippen LogP contribution in [-0.4, -0.2) is 22.6 Å². The van der Waals surface area contributed by atoms with Crippen molar-refractivity contribution < 1.29 is 14.3 Å². The van der Waals surface area contributed by atoms with Crippen LogP contribution < -0.4 is 10.6 Å². The van der Waals surface area contributed by atoms with E-state index in [1.54, 1.807) is 23.5 Å². The number of nitrogens with zero attached hydrogens (tertiary/aromatic N) is 1. The third-order valence-corrected chi connectivity index (χ3v) is 4.74. The summed E-state index contributed by atoms with van der Waals surface area (Å²) in [5, 5.41) is 6.60. The molecule has 0 fully saturated rings. The van der Waals surface area contributed by atoms with Crippen LogP contribution in [0.2, 0.25) is 0 Å². The molecular weight excluding hydrogens is 374 g/mol. The number of thiazole rings is 1. The molecule has 3 rings (SSSR count). The molecule has 1 heterocycles. The third kappa shape index (κ3) is 5.29. The van der Waals surface area contributed by atoms with Gasteiger partial charge in [0.2, 0.25) is 0 Å². The molecule has 2 aromatic carbocycles. The lowest BCUT2D eigenvalue weighted by molar-refractivity contribution is 0.0523. The predicted octanol–water partition coefficient (Wildman–Crippen LogP) is 4.88. The Morgan fingerprint density at radius 3 is 2.50 bits per heavy atom. The molecule has 0 saturated carbocycles. The summed E-state index contributed by atoms with van der Waals surface area (Å²) < 4.78 is 6.24. The number of nitrogens with one attached hydrogen (secondary N) is 2. The number of amides is 2. The summed E-state index contributed by atoms with van der Waals surface area (Å²) in [7, 11) is 0. The molecule has 6 nitrogen and oxygen atoms in total. The van der Waals surface area contributed by atoms with E-state index >= 15 is 0 Å². The number of carbonyl (C=O) groups excluding carboxylic acids is 2. The monoisotopic (exact) mass is 397 g/mol. The van der Waals surface area contributed by atoms with Crippen LogP contribution in [0, 0.1) is 6.92 Å². The molecule has 0 radical (unpaired) electrons. The number of hydrogen-bond acceptors (Lipinski definition) is 5. The molecule has 0 aliphatic heterocycles. The number of alkyl carbamates (subject to hydrolysis) is 1. The molecule has 0 aliphatic carbocycles. The van der Waals surface area contributed by atoms with Gasteiger partial charge in [-0.05, 0) is 63.6 Å². The quantitative estimate of drug-likeness (QED) is 0.657. The molecule has 2 amide bonds. The van der Waals surface area contributed by atoms with Gasteiger partial charge in [0.25, 0.3) is 5.91 Å². The molecule has 0 unspecified atom stereocenters. The number of rotatable bonds is 4. The van der Waals surface area contributed by atoms with Crippen LogP contribution in [0.3, 0.4) is 0 Å². The summed E-state index contributed by atoms with van der Waals surface area (Å²) in [5.41, 5.74) is 2.55. The maximum atomic E-state index is 12.5.